The Morgan fingerprint density at radius 2 is 1.40 bits per heavy atom. The number of amides is 5. The third-order valence-electron chi connectivity index (χ3n) is 12.6. The first-order valence-electron chi connectivity index (χ1n) is 23.5. The van der Waals surface area contributed by atoms with E-state index in [2.05, 4.69) is 10.6 Å². The van der Waals surface area contributed by atoms with Gasteiger partial charge in [-0.2, -0.15) is 0 Å². The number of hydrogen-bond donors (Lipinski definition) is 2. The lowest BCUT2D eigenvalue weighted by molar-refractivity contribution is -0.148. The lowest BCUT2D eigenvalue weighted by Crippen LogP contribution is -2.60. The van der Waals surface area contributed by atoms with E-state index in [1.165, 1.54) is 11.9 Å². The molecule has 1 saturated heterocycles. The molecule has 0 aromatic heterocycles. The Labute approximate surface area is 389 Å². The number of carbonyl (C=O) groups is 5. The molecular weight excluding hydrogens is 827 g/mol. The first kappa shape index (κ1) is 54.8. The number of carbonyl (C=O) groups excluding carboxylic acids is 5. The van der Waals surface area contributed by atoms with Gasteiger partial charge in [0, 0.05) is 34.9 Å². The van der Waals surface area contributed by atoms with Crippen molar-refractivity contribution in [1.82, 2.24) is 25.3 Å². The van der Waals surface area contributed by atoms with E-state index < -0.39 is 53.9 Å². The molecule has 14 heteroatoms. The zero-order valence-electron chi connectivity index (χ0n) is 41.8. The highest BCUT2D eigenvalue weighted by Gasteiger charge is 2.44. The van der Waals surface area contributed by atoms with E-state index in [0.29, 0.717) is 39.0 Å². The summed E-state index contributed by atoms with van der Waals surface area (Å²) in [7, 11) is 6.36. The molecule has 1 fully saturated rings. The summed E-state index contributed by atoms with van der Waals surface area (Å²) in [6.07, 6.45) is 0.769. The molecule has 0 aliphatic carbocycles. The molecule has 9 atom stereocenters. The maximum absolute atomic E-state index is 14.5. The summed E-state index contributed by atoms with van der Waals surface area (Å²) in [6, 6.07) is 16.9. The predicted octanol–water partition coefficient (Wildman–Crippen LogP) is 6.88. The van der Waals surface area contributed by atoms with E-state index >= 15 is 0 Å². The topological polar surface area (TPSA) is 156 Å². The van der Waals surface area contributed by atoms with Gasteiger partial charge in [-0.3, -0.25) is 24.1 Å². The highest BCUT2D eigenvalue weighted by Crippen LogP contribution is 2.30. The smallest absolute Gasteiger partial charge is 0.410 e. The number of ether oxygens (including phenoxy) is 4. The van der Waals surface area contributed by atoms with Gasteiger partial charge in [-0.1, -0.05) is 116 Å². The maximum atomic E-state index is 14.5. The van der Waals surface area contributed by atoms with E-state index in [9.17, 15) is 24.0 Å². The van der Waals surface area contributed by atoms with E-state index in [-0.39, 0.29) is 54.0 Å². The van der Waals surface area contributed by atoms with Crippen LogP contribution in [0.5, 0.6) is 0 Å². The third kappa shape index (κ3) is 16.1. The summed E-state index contributed by atoms with van der Waals surface area (Å²) < 4.78 is 23.8. The number of hydrogen-bond acceptors (Lipinski definition) is 9. The van der Waals surface area contributed by atoms with Crippen LogP contribution in [0.4, 0.5) is 4.79 Å². The molecule has 2 aromatic rings. The van der Waals surface area contributed by atoms with Gasteiger partial charge in [0.25, 0.3) is 0 Å². The van der Waals surface area contributed by atoms with Crippen molar-refractivity contribution < 1.29 is 42.9 Å². The lowest BCUT2D eigenvalue weighted by atomic mass is 9.89. The van der Waals surface area contributed by atoms with Crippen LogP contribution in [0.2, 0.25) is 0 Å². The Hall–Kier alpha value is -4.53. The molecule has 0 bridgehead atoms. The Morgan fingerprint density at radius 3 is 1.92 bits per heavy atom. The molecule has 1 heterocycles. The number of likely N-dealkylation sites (N-methyl/N-ethyl adjacent to an activating group) is 2. The molecule has 1 aliphatic heterocycles. The van der Waals surface area contributed by atoms with Crippen molar-refractivity contribution in [2.24, 2.45) is 23.7 Å². The average molecular weight is 908 g/mol. The van der Waals surface area contributed by atoms with Crippen molar-refractivity contribution in [2.75, 3.05) is 41.5 Å². The van der Waals surface area contributed by atoms with Gasteiger partial charge in [-0.15, -0.1) is 0 Å². The first-order valence-corrected chi connectivity index (χ1v) is 23.5. The van der Waals surface area contributed by atoms with Crippen molar-refractivity contribution in [1.29, 1.82) is 0 Å². The number of methoxy groups -OCH3 is 2. The second kappa shape index (κ2) is 26.0. The summed E-state index contributed by atoms with van der Waals surface area (Å²) in [5, 5.41) is 6.20. The number of benzene rings is 2. The van der Waals surface area contributed by atoms with Crippen LogP contribution in [0.15, 0.2) is 60.7 Å². The molecule has 1 aliphatic rings. The maximum Gasteiger partial charge on any atom is 0.410 e. The van der Waals surface area contributed by atoms with Crippen LogP contribution < -0.4 is 10.6 Å². The Bertz CT molecular complexity index is 1790. The lowest BCUT2D eigenvalue weighted by Gasteiger charge is -2.41. The van der Waals surface area contributed by atoms with Gasteiger partial charge in [0.15, 0.2) is 0 Å². The molecule has 9 unspecified atom stereocenters. The molecule has 2 aromatic carbocycles. The molecule has 3 rings (SSSR count). The van der Waals surface area contributed by atoms with Gasteiger partial charge in [0.2, 0.25) is 23.6 Å². The zero-order chi connectivity index (χ0) is 48.6. The summed E-state index contributed by atoms with van der Waals surface area (Å²) in [5.41, 5.74) is 1.37. The van der Waals surface area contributed by atoms with Crippen LogP contribution in [0, 0.1) is 23.7 Å². The Kier molecular flexibility index (Phi) is 21.9. The molecule has 0 radical (unpaired) electrons. The van der Waals surface area contributed by atoms with Gasteiger partial charge in [0.1, 0.15) is 17.7 Å². The molecule has 2 N–H and O–H groups in total. The number of nitrogens with one attached hydrogen (secondary N) is 2. The van der Waals surface area contributed by atoms with Gasteiger partial charge in [-0.05, 0) is 68.9 Å². The Morgan fingerprint density at radius 1 is 0.800 bits per heavy atom. The molecular formula is C51H81N5O9. The van der Waals surface area contributed by atoms with Crippen LogP contribution in [-0.2, 0) is 51.2 Å². The number of likely N-dealkylation sites (tertiary alicyclic amines) is 1. The van der Waals surface area contributed by atoms with Crippen molar-refractivity contribution in [3.63, 3.8) is 0 Å². The quantitative estimate of drug-likeness (QED) is 0.115. The van der Waals surface area contributed by atoms with E-state index in [1.807, 2.05) is 114 Å². The number of nitrogens with zero attached hydrogens (tertiary/aromatic N) is 3. The Balaban J connectivity index is 1.78. The second-order valence-corrected chi connectivity index (χ2v) is 19.5. The predicted molar refractivity (Wildman–Crippen MR) is 254 cm³/mol. The van der Waals surface area contributed by atoms with Crippen molar-refractivity contribution in [2.45, 2.75) is 156 Å². The van der Waals surface area contributed by atoms with Gasteiger partial charge in [-0.25, -0.2) is 4.79 Å². The third-order valence-corrected chi connectivity index (χ3v) is 12.6. The standard InChI is InChI=1S/C51H81N5O9/c1-15-35(6)45(54(11)49(60)43(33(2)3)53-48(59)44(34(4)5)55(12)50(61)65-51(8,9)10)41(62-13)30-42(57)56-28-22-27-40(56)46(63-14)36(7)47(58)52-39(29-37-23-18-16-19-24-37)32-64-31-38-25-20-17-21-26-38/h16-21,23-26,33-36,39-41,43-46H,15,22,27-32H2,1-14H3,(H,52,58)(H,53,59). The van der Waals surface area contributed by atoms with Crippen LogP contribution in [0.25, 0.3) is 0 Å². The largest absolute Gasteiger partial charge is 0.444 e. The van der Waals surface area contributed by atoms with E-state index in [0.717, 1.165) is 17.5 Å². The molecule has 65 heavy (non-hydrogen) atoms. The van der Waals surface area contributed by atoms with Crippen LogP contribution >= 0.6 is 0 Å². The van der Waals surface area contributed by atoms with Gasteiger partial charge < -0.3 is 39.4 Å². The molecule has 364 valence electrons. The van der Waals surface area contributed by atoms with Crippen molar-refractivity contribution in [3.8, 4) is 0 Å². The van der Waals surface area contributed by atoms with E-state index in [4.69, 9.17) is 18.9 Å². The molecule has 0 saturated carbocycles. The highest BCUT2D eigenvalue weighted by atomic mass is 16.6. The zero-order valence-corrected chi connectivity index (χ0v) is 41.8. The summed E-state index contributed by atoms with van der Waals surface area (Å²) in [5.74, 6) is -2.40. The minimum Gasteiger partial charge on any atom is -0.444 e. The number of rotatable bonds is 24. The molecule has 14 nitrogen and oxygen atoms in total. The fraction of sp³-hybridized carbons (Fsp3) is 0.667. The minimum atomic E-state index is -0.929. The fourth-order valence-corrected chi connectivity index (χ4v) is 8.93. The summed E-state index contributed by atoms with van der Waals surface area (Å²) in [4.78, 5) is 74.8. The fourth-order valence-electron chi connectivity index (χ4n) is 8.93. The van der Waals surface area contributed by atoms with Gasteiger partial charge >= 0.3 is 6.09 Å². The SMILES string of the molecule is CCC(C)C(C(CC(=O)N1CCCC1C(OC)C(C)C(=O)NC(COCc1ccccc1)Cc1ccccc1)OC)N(C)C(=O)C(NC(=O)C(C(C)C)N(C)C(=O)OC(C)(C)C)C(C)C. The van der Waals surface area contributed by atoms with E-state index in [1.54, 1.807) is 46.9 Å². The van der Waals surface area contributed by atoms with Gasteiger partial charge in [0.05, 0.1) is 55.9 Å². The summed E-state index contributed by atoms with van der Waals surface area (Å²) in [6.45, 7) is 19.8. The van der Waals surface area contributed by atoms with Crippen molar-refractivity contribution in [3.05, 3.63) is 71.8 Å². The first-order chi connectivity index (χ1) is 30.6. The summed E-state index contributed by atoms with van der Waals surface area (Å²) >= 11 is 0. The average Bonchev–Trinajstić information content (AvgIpc) is 3.74. The minimum absolute atomic E-state index is 0.0106. The monoisotopic (exact) mass is 908 g/mol. The molecule has 5 amide bonds. The second-order valence-electron chi connectivity index (χ2n) is 19.5. The molecule has 0 spiro atoms. The highest BCUT2D eigenvalue weighted by molar-refractivity contribution is 5.92. The van der Waals surface area contributed by atoms with Crippen LogP contribution in [0.1, 0.15) is 106 Å². The van der Waals surface area contributed by atoms with Crippen LogP contribution in [0.3, 0.4) is 0 Å². The normalized spacial score (nSPS) is 17.9. The van der Waals surface area contributed by atoms with Crippen molar-refractivity contribution >= 4 is 29.7 Å². The van der Waals surface area contributed by atoms with Crippen LogP contribution in [-0.4, -0.2) is 134 Å².